The topological polar surface area (TPSA) is 94.4 Å². The van der Waals surface area contributed by atoms with Gasteiger partial charge in [-0.3, -0.25) is 9.28 Å². The average Bonchev–Trinajstić information content (AvgIpc) is 2.94. The van der Waals surface area contributed by atoms with Gasteiger partial charge in [-0.15, -0.1) is 24.8 Å². The van der Waals surface area contributed by atoms with Crippen molar-refractivity contribution in [1.29, 1.82) is 0 Å². The van der Waals surface area contributed by atoms with Gasteiger partial charge in [-0.05, 0) is 44.4 Å². The minimum atomic E-state index is -1.71. The lowest BCUT2D eigenvalue weighted by Gasteiger charge is -2.40. The lowest BCUT2D eigenvalue weighted by atomic mass is 10.0. The monoisotopic (exact) mass is 616 g/mol. The first-order valence-electron chi connectivity index (χ1n) is 12.6. The van der Waals surface area contributed by atoms with Crippen molar-refractivity contribution in [3.8, 4) is 11.3 Å². The fourth-order valence-electron chi connectivity index (χ4n) is 5.22. The highest BCUT2D eigenvalue weighted by Gasteiger charge is 2.34. The van der Waals surface area contributed by atoms with Gasteiger partial charge in [0.05, 0.1) is 38.1 Å². The maximum atomic E-state index is 14.2. The Labute approximate surface area is 247 Å². The Balaban J connectivity index is 0.00000294. The predicted molar refractivity (Wildman–Crippen MR) is 153 cm³/mol. The van der Waals surface area contributed by atoms with Gasteiger partial charge in [0.25, 0.3) is 0 Å². The maximum Gasteiger partial charge on any atom is 0.367 e. The summed E-state index contributed by atoms with van der Waals surface area (Å²) in [5, 5.41) is 0.995. The van der Waals surface area contributed by atoms with E-state index in [4.69, 9.17) is 4.74 Å². The molecule has 4 rings (SSSR count). The van der Waals surface area contributed by atoms with Gasteiger partial charge in [0, 0.05) is 30.8 Å². The second-order valence-corrected chi connectivity index (χ2v) is 9.45. The molecule has 0 saturated carbocycles. The zero-order chi connectivity index (χ0) is 28.2. The summed E-state index contributed by atoms with van der Waals surface area (Å²) >= 11 is 0. The Morgan fingerprint density at radius 3 is 2.34 bits per heavy atom. The second kappa shape index (κ2) is 14.4. The van der Waals surface area contributed by atoms with Gasteiger partial charge in [0.1, 0.15) is 5.56 Å². The summed E-state index contributed by atoms with van der Waals surface area (Å²) in [4.78, 5) is 46.5. The number of carbonyl (C=O) groups excluding carboxylic acids is 2. The van der Waals surface area contributed by atoms with Crippen LogP contribution in [-0.4, -0.2) is 60.3 Å². The van der Waals surface area contributed by atoms with E-state index in [9.17, 15) is 27.6 Å². The van der Waals surface area contributed by atoms with Crippen LogP contribution in [0, 0.1) is 24.4 Å². The molecule has 222 valence electrons. The van der Waals surface area contributed by atoms with E-state index in [1.807, 2.05) is 18.2 Å². The molecule has 3 aromatic rings. The van der Waals surface area contributed by atoms with E-state index in [2.05, 4.69) is 9.97 Å². The smallest absolute Gasteiger partial charge is 0.367 e. The summed E-state index contributed by atoms with van der Waals surface area (Å²) in [7, 11) is 1.09. The van der Waals surface area contributed by atoms with Crippen molar-refractivity contribution in [2.24, 2.45) is 0 Å². The van der Waals surface area contributed by atoms with Crippen LogP contribution in [0.2, 0.25) is 0 Å². The fraction of sp³-hybridized carbons (Fsp3) is 0.370. The van der Waals surface area contributed by atoms with Crippen LogP contribution in [0.3, 0.4) is 0 Å². The number of rotatable bonds is 9. The zero-order valence-electron chi connectivity index (χ0n) is 22.5. The Bertz CT molecular complexity index is 1410. The van der Waals surface area contributed by atoms with E-state index in [1.54, 1.807) is 6.20 Å². The third-order valence-corrected chi connectivity index (χ3v) is 7.06. The maximum absolute atomic E-state index is 14.2. The molecule has 0 radical (unpaired) electrons. The largest absolute Gasteiger partial charge is 0.465 e. The Hall–Kier alpha value is -3.48. The number of amides is 1. The highest BCUT2D eigenvalue weighted by Crippen LogP contribution is 2.29. The quantitative estimate of drug-likeness (QED) is 0.154. The Morgan fingerprint density at radius 1 is 1.12 bits per heavy atom. The van der Waals surface area contributed by atoms with Crippen LogP contribution in [-0.2, 0) is 9.53 Å². The number of hydrogen-bond acceptors (Lipinski definition) is 6. The molecule has 1 saturated heterocycles. The molecule has 1 aromatic carbocycles. The standard InChI is InChI=1S/C27H29F3N5O4.2ClH/c1-18-23(26(37)39-2)25(19-15-20(28)24(30)21(29)16-19)34(27(38)32-18)33(17-36)11-8-14-35(12-6-3-7-13-35)22-9-4-5-10-31-22;;/h4-5,9-10,15-17H,3,6-8,11-14H2,1-2H3;2*1H/q+1;;. The summed E-state index contributed by atoms with van der Waals surface area (Å²) in [6, 6.07) is 7.03. The van der Waals surface area contributed by atoms with Crippen LogP contribution in [0.25, 0.3) is 11.3 Å². The zero-order valence-corrected chi connectivity index (χ0v) is 24.2. The third kappa shape index (κ3) is 6.88. The van der Waals surface area contributed by atoms with E-state index in [0.717, 1.165) is 55.0 Å². The van der Waals surface area contributed by atoms with E-state index < -0.39 is 29.1 Å². The number of benzene rings is 1. The number of piperidine rings is 1. The minimum Gasteiger partial charge on any atom is -0.465 e. The van der Waals surface area contributed by atoms with Gasteiger partial charge in [0.2, 0.25) is 12.2 Å². The van der Waals surface area contributed by atoms with Crippen molar-refractivity contribution < 1.29 is 27.5 Å². The van der Waals surface area contributed by atoms with Gasteiger partial charge in [-0.1, -0.05) is 6.07 Å². The van der Waals surface area contributed by atoms with E-state index in [-0.39, 0.29) is 53.9 Å². The van der Waals surface area contributed by atoms with Gasteiger partial charge in [0.15, 0.2) is 17.5 Å². The average molecular weight is 617 g/mol. The Morgan fingerprint density at radius 2 is 1.78 bits per heavy atom. The molecule has 2 aromatic heterocycles. The lowest BCUT2D eigenvalue weighted by Crippen LogP contribution is -2.55. The van der Waals surface area contributed by atoms with E-state index in [1.165, 1.54) is 6.92 Å². The summed E-state index contributed by atoms with van der Waals surface area (Å²) in [6.45, 7) is 3.71. The van der Waals surface area contributed by atoms with E-state index >= 15 is 0 Å². The SMILES string of the molecule is COC(=O)c1c(C)nc(=O)n(N(C=O)CCC[N+]2(c3ccccn3)CCCCC2)c1-c1cc(F)c(F)c(F)c1.Cl.Cl. The molecule has 0 atom stereocenters. The van der Waals surface area contributed by atoms with E-state index in [0.29, 0.717) is 36.0 Å². The molecule has 0 spiro atoms. The van der Waals surface area contributed by atoms with Crippen molar-refractivity contribution in [1.82, 2.24) is 19.1 Å². The molecule has 14 heteroatoms. The van der Waals surface area contributed by atoms with Crippen LogP contribution < -0.4 is 15.2 Å². The number of nitrogens with zero attached hydrogens (tertiary/aromatic N) is 5. The number of hydrogen-bond donors (Lipinski definition) is 0. The molecular weight excluding hydrogens is 586 g/mol. The number of aryl methyl sites for hydroxylation is 1. The summed E-state index contributed by atoms with van der Waals surface area (Å²) < 4.78 is 48.5. The normalized spacial score (nSPS) is 13.9. The number of likely N-dealkylation sites (tertiary alicyclic amines) is 1. The predicted octanol–water partition coefficient (Wildman–Crippen LogP) is 4.34. The molecule has 9 nitrogen and oxygen atoms in total. The fourth-order valence-corrected chi connectivity index (χ4v) is 5.22. The van der Waals surface area contributed by atoms with Crippen molar-refractivity contribution in [3.05, 3.63) is 75.7 Å². The number of ether oxygens (including phenoxy) is 1. The lowest BCUT2D eigenvalue weighted by molar-refractivity contribution is -0.108. The molecule has 1 aliphatic heterocycles. The molecule has 3 heterocycles. The molecule has 0 unspecified atom stereocenters. The van der Waals surface area contributed by atoms with Crippen LogP contribution in [0.5, 0.6) is 0 Å². The number of methoxy groups -OCH3 is 1. The van der Waals surface area contributed by atoms with Crippen LogP contribution in [0.15, 0.2) is 41.3 Å². The highest BCUT2D eigenvalue weighted by molar-refractivity contribution is 5.97. The van der Waals surface area contributed by atoms with Crippen molar-refractivity contribution in [3.63, 3.8) is 0 Å². The first kappa shape index (κ1) is 33.7. The van der Waals surface area contributed by atoms with Crippen molar-refractivity contribution in [2.45, 2.75) is 32.6 Å². The molecule has 0 bridgehead atoms. The number of quaternary nitrogens is 1. The number of aromatic nitrogens is 3. The van der Waals surface area contributed by atoms with Gasteiger partial charge in [-0.25, -0.2) is 32.8 Å². The molecular formula is C27H31Cl2F3N5O4+. The molecule has 0 N–H and O–H groups in total. The van der Waals surface area contributed by atoms with Gasteiger partial charge < -0.3 is 4.74 Å². The second-order valence-electron chi connectivity index (χ2n) is 9.45. The molecule has 0 aliphatic carbocycles. The summed E-state index contributed by atoms with van der Waals surface area (Å²) in [5.74, 6) is -4.81. The first-order chi connectivity index (χ1) is 18.7. The van der Waals surface area contributed by atoms with Crippen LogP contribution in [0.4, 0.5) is 19.0 Å². The molecule has 1 fully saturated rings. The van der Waals surface area contributed by atoms with Crippen molar-refractivity contribution >= 4 is 43.0 Å². The summed E-state index contributed by atoms with van der Waals surface area (Å²) in [5.41, 5.74) is -2.01. The van der Waals surface area contributed by atoms with Crippen LogP contribution >= 0.6 is 24.8 Å². The third-order valence-electron chi connectivity index (χ3n) is 7.06. The summed E-state index contributed by atoms with van der Waals surface area (Å²) in [6.07, 6.45) is 5.69. The first-order valence-corrected chi connectivity index (χ1v) is 12.6. The molecule has 1 aliphatic rings. The molecule has 1 amide bonds. The number of halogens is 5. The van der Waals surface area contributed by atoms with Gasteiger partial charge >= 0.3 is 11.7 Å². The number of carbonyl (C=O) groups is 2. The molecule has 41 heavy (non-hydrogen) atoms. The van der Waals surface area contributed by atoms with Crippen molar-refractivity contribution in [2.75, 3.05) is 38.3 Å². The number of esters is 1. The van der Waals surface area contributed by atoms with Gasteiger partial charge in [-0.2, -0.15) is 9.66 Å². The van der Waals surface area contributed by atoms with Crippen LogP contribution in [0.1, 0.15) is 41.7 Å². The highest BCUT2D eigenvalue weighted by atomic mass is 35.5. The minimum absolute atomic E-state index is 0. The Kier molecular flexibility index (Phi) is 11.9. The number of pyridine rings is 1.